The Balaban J connectivity index is 1.59. The zero-order chi connectivity index (χ0) is 26.6. The second kappa shape index (κ2) is 11.1. The number of amides is 1. The minimum absolute atomic E-state index is 0.0904. The van der Waals surface area contributed by atoms with Crippen LogP contribution in [0.4, 0.5) is 0 Å². The highest BCUT2D eigenvalue weighted by Crippen LogP contribution is 2.24. The summed E-state index contributed by atoms with van der Waals surface area (Å²) in [6.45, 7) is 3.67. The van der Waals surface area contributed by atoms with Crippen molar-refractivity contribution in [3.63, 3.8) is 0 Å². The molecule has 4 aromatic rings. The first-order valence-electron chi connectivity index (χ1n) is 12.3. The Morgan fingerprint density at radius 3 is 2.38 bits per heavy atom. The van der Waals surface area contributed by atoms with Gasteiger partial charge in [0.2, 0.25) is 15.9 Å². The summed E-state index contributed by atoms with van der Waals surface area (Å²) in [5, 5.41) is 14.6. The van der Waals surface area contributed by atoms with Crippen molar-refractivity contribution >= 4 is 43.6 Å². The van der Waals surface area contributed by atoms with Gasteiger partial charge in [0.1, 0.15) is 6.04 Å². The Kier molecular flexibility index (Phi) is 7.94. The molecular weight excluding hydrogens is 490 g/mol. The molecule has 0 unspecified atom stereocenters. The third-order valence-corrected chi connectivity index (χ3v) is 8.22. The van der Waals surface area contributed by atoms with Crippen molar-refractivity contribution < 1.29 is 23.1 Å². The third-order valence-electron chi connectivity index (χ3n) is 6.73. The van der Waals surface area contributed by atoms with E-state index in [1.54, 1.807) is 31.3 Å². The van der Waals surface area contributed by atoms with Gasteiger partial charge in [-0.15, -0.1) is 0 Å². The van der Waals surface area contributed by atoms with Crippen LogP contribution in [0.5, 0.6) is 0 Å². The SMILES string of the molecule is CC[C@H](C)[C@H](NS(=O)(=O)c1cccc2ccccc12)C(=O)N[C@@H](CC(=O)O)Cc1c[nH]c2ccccc12. The van der Waals surface area contributed by atoms with Gasteiger partial charge in [-0.1, -0.05) is 74.9 Å². The average molecular weight is 522 g/mol. The maximum Gasteiger partial charge on any atom is 0.305 e. The lowest BCUT2D eigenvalue weighted by atomic mass is 9.97. The number of rotatable bonds is 11. The van der Waals surface area contributed by atoms with Crippen molar-refractivity contribution in [3.8, 4) is 0 Å². The molecule has 0 aliphatic rings. The van der Waals surface area contributed by atoms with Crippen LogP contribution in [-0.4, -0.2) is 42.5 Å². The van der Waals surface area contributed by atoms with E-state index >= 15 is 0 Å². The molecule has 0 aliphatic heterocycles. The van der Waals surface area contributed by atoms with E-state index < -0.39 is 34.0 Å². The first-order valence-corrected chi connectivity index (χ1v) is 13.7. The molecule has 8 nitrogen and oxygen atoms in total. The Bertz CT molecular complexity index is 1520. The summed E-state index contributed by atoms with van der Waals surface area (Å²) in [6.07, 6.45) is 2.34. The summed E-state index contributed by atoms with van der Waals surface area (Å²) in [4.78, 5) is 28.3. The van der Waals surface area contributed by atoms with Crippen LogP contribution in [0.25, 0.3) is 21.7 Å². The number of H-pyrrole nitrogens is 1. The van der Waals surface area contributed by atoms with Gasteiger partial charge in [0, 0.05) is 28.5 Å². The maximum absolute atomic E-state index is 13.5. The molecule has 0 saturated heterocycles. The fraction of sp³-hybridized carbons (Fsp3) is 0.286. The number of aromatic nitrogens is 1. The van der Waals surface area contributed by atoms with E-state index in [9.17, 15) is 23.1 Å². The molecule has 0 fully saturated rings. The number of para-hydroxylation sites is 1. The van der Waals surface area contributed by atoms with Crippen LogP contribution in [0, 0.1) is 5.92 Å². The fourth-order valence-electron chi connectivity index (χ4n) is 4.57. The highest BCUT2D eigenvalue weighted by molar-refractivity contribution is 7.89. The summed E-state index contributed by atoms with van der Waals surface area (Å²) in [6, 6.07) is 18.0. The predicted molar refractivity (Wildman–Crippen MR) is 144 cm³/mol. The lowest BCUT2D eigenvalue weighted by Crippen LogP contribution is -2.53. The molecule has 0 aliphatic carbocycles. The van der Waals surface area contributed by atoms with E-state index in [1.165, 1.54) is 6.07 Å². The minimum Gasteiger partial charge on any atom is -0.481 e. The second-order valence-electron chi connectivity index (χ2n) is 9.33. The van der Waals surface area contributed by atoms with Crippen LogP contribution in [0.1, 0.15) is 32.3 Å². The smallest absolute Gasteiger partial charge is 0.305 e. The largest absolute Gasteiger partial charge is 0.481 e. The Morgan fingerprint density at radius 2 is 1.65 bits per heavy atom. The maximum atomic E-state index is 13.5. The summed E-state index contributed by atoms with van der Waals surface area (Å²) in [5.74, 6) is -1.94. The highest BCUT2D eigenvalue weighted by Gasteiger charge is 2.32. The third kappa shape index (κ3) is 6.00. The van der Waals surface area contributed by atoms with Crippen molar-refractivity contribution in [3.05, 3.63) is 78.5 Å². The number of carboxylic acid groups (broad SMARTS) is 1. The Morgan fingerprint density at radius 1 is 0.973 bits per heavy atom. The lowest BCUT2D eigenvalue weighted by molar-refractivity contribution is -0.137. The van der Waals surface area contributed by atoms with Crippen LogP contribution >= 0.6 is 0 Å². The molecule has 1 heterocycles. The zero-order valence-electron chi connectivity index (χ0n) is 20.8. The van der Waals surface area contributed by atoms with Gasteiger partial charge in [-0.3, -0.25) is 9.59 Å². The van der Waals surface area contributed by atoms with Crippen molar-refractivity contribution in [2.75, 3.05) is 0 Å². The summed E-state index contributed by atoms with van der Waals surface area (Å²) in [7, 11) is -4.06. The number of sulfonamides is 1. The molecule has 0 bridgehead atoms. The van der Waals surface area contributed by atoms with Crippen LogP contribution < -0.4 is 10.0 Å². The minimum atomic E-state index is -4.06. The Labute approximate surface area is 216 Å². The van der Waals surface area contributed by atoms with Crippen molar-refractivity contribution in [1.29, 1.82) is 0 Å². The van der Waals surface area contributed by atoms with E-state index in [1.807, 2.05) is 49.4 Å². The molecule has 1 aromatic heterocycles. The van der Waals surface area contributed by atoms with Gasteiger partial charge >= 0.3 is 5.97 Å². The quantitative estimate of drug-likeness (QED) is 0.235. The monoisotopic (exact) mass is 521 g/mol. The standard InChI is InChI=1S/C28H31N3O5S/c1-3-18(2)27(31-37(35,36)25-14-8-10-19-9-4-5-12-23(19)25)28(34)30-21(16-26(32)33)15-20-17-29-24-13-7-6-11-22(20)24/h4-14,17-18,21,27,29,31H,3,15-16H2,1-2H3,(H,30,34)(H,32,33)/t18-,21+,27-/m0/s1. The summed E-state index contributed by atoms with van der Waals surface area (Å²) >= 11 is 0. The number of carbonyl (C=O) groups is 2. The van der Waals surface area contributed by atoms with E-state index in [4.69, 9.17) is 0 Å². The van der Waals surface area contributed by atoms with Crippen molar-refractivity contribution in [1.82, 2.24) is 15.0 Å². The molecule has 1 amide bonds. The van der Waals surface area contributed by atoms with Gasteiger partial charge in [-0.05, 0) is 35.4 Å². The number of nitrogens with one attached hydrogen (secondary N) is 3. The van der Waals surface area contributed by atoms with Gasteiger partial charge in [-0.25, -0.2) is 8.42 Å². The first-order chi connectivity index (χ1) is 17.7. The molecule has 194 valence electrons. The number of aromatic amines is 1. The molecule has 0 saturated carbocycles. The zero-order valence-corrected chi connectivity index (χ0v) is 21.6. The molecule has 4 rings (SSSR count). The number of carboxylic acids is 1. The van der Waals surface area contributed by atoms with Crippen molar-refractivity contribution in [2.45, 2.75) is 50.1 Å². The van der Waals surface area contributed by atoms with E-state index in [0.29, 0.717) is 11.8 Å². The number of hydrogen-bond donors (Lipinski definition) is 4. The average Bonchev–Trinajstić information content (AvgIpc) is 3.28. The molecular formula is C28H31N3O5S. The van der Waals surface area contributed by atoms with Gasteiger partial charge in [-0.2, -0.15) is 4.72 Å². The topological polar surface area (TPSA) is 128 Å². The molecule has 3 aromatic carbocycles. The first kappa shape index (κ1) is 26.4. The number of aliphatic carboxylic acids is 1. The lowest BCUT2D eigenvalue weighted by Gasteiger charge is -2.26. The van der Waals surface area contributed by atoms with E-state index in [-0.39, 0.29) is 23.7 Å². The van der Waals surface area contributed by atoms with E-state index in [2.05, 4.69) is 15.0 Å². The normalized spacial score (nSPS) is 14.3. The summed E-state index contributed by atoms with van der Waals surface area (Å²) in [5.41, 5.74) is 1.79. The number of benzene rings is 3. The number of fused-ring (bicyclic) bond motifs is 2. The Hall–Kier alpha value is -3.69. The molecule has 4 N–H and O–H groups in total. The number of hydrogen-bond acceptors (Lipinski definition) is 4. The predicted octanol–water partition coefficient (Wildman–Crippen LogP) is 4.22. The van der Waals surface area contributed by atoms with Crippen molar-refractivity contribution in [2.24, 2.45) is 5.92 Å². The van der Waals surface area contributed by atoms with Crippen LogP contribution in [0.3, 0.4) is 0 Å². The number of carbonyl (C=O) groups excluding carboxylic acids is 1. The molecule has 9 heteroatoms. The van der Waals surface area contributed by atoms with E-state index in [0.717, 1.165) is 21.9 Å². The molecule has 0 spiro atoms. The molecule has 37 heavy (non-hydrogen) atoms. The van der Waals surface area contributed by atoms with Gasteiger partial charge in [0.05, 0.1) is 11.3 Å². The molecule has 0 radical (unpaired) electrons. The van der Waals surface area contributed by atoms with Gasteiger partial charge in [0.15, 0.2) is 0 Å². The van der Waals surface area contributed by atoms with Gasteiger partial charge in [0.25, 0.3) is 0 Å². The fourth-order valence-corrected chi connectivity index (χ4v) is 6.10. The second-order valence-corrected chi connectivity index (χ2v) is 11.0. The van der Waals surface area contributed by atoms with Gasteiger partial charge < -0.3 is 15.4 Å². The van der Waals surface area contributed by atoms with Crippen LogP contribution in [-0.2, 0) is 26.0 Å². The highest BCUT2D eigenvalue weighted by atomic mass is 32.2. The van der Waals surface area contributed by atoms with Crippen LogP contribution in [0.15, 0.2) is 77.8 Å². The summed E-state index contributed by atoms with van der Waals surface area (Å²) < 4.78 is 29.5. The van der Waals surface area contributed by atoms with Crippen LogP contribution in [0.2, 0.25) is 0 Å². The molecule has 3 atom stereocenters.